The summed E-state index contributed by atoms with van der Waals surface area (Å²) in [5, 5.41) is 10.4. The Bertz CT molecular complexity index is 124. The van der Waals surface area contributed by atoms with E-state index in [0.29, 0.717) is 19.1 Å². The standard InChI is InChI=1S/C9H20BrNO2/c1-8(4-10)5-11(2)6-9(12)7-13-3/h8-9,12H,4-7H2,1-3H3. The Kier molecular flexibility index (Phi) is 7.95. The van der Waals surface area contributed by atoms with Gasteiger partial charge in [0.1, 0.15) is 0 Å². The molecule has 0 aliphatic carbocycles. The molecule has 0 bridgehead atoms. The number of aliphatic hydroxyl groups excluding tert-OH is 1. The Morgan fingerprint density at radius 2 is 2.08 bits per heavy atom. The van der Waals surface area contributed by atoms with E-state index in [2.05, 4.69) is 27.8 Å². The molecule has 0 aromatic heterocycles. The summed E-state index contributed by atoms with van der Waals surface area (Å²) >= 11 is 3.43. The predicted octanol–water partition coefficient (Wildman–Crippen LogP) is 0.957. The molecule has 0 saturated heterocycles. The minimum Gasteiger partial charge on any atom is -0.389 e. The van der Waals surface area contributed by atoms with Gasteiger partial charge >= 0.3 is 0 Å². The molecular weight excluding hydrogens is 234 g/mol. The van der Waals surface area contributed by atoms with Crippen LogP contribution in [0.3, 0.4) is 0 Å². The Morgan fingerprint density at radius 3 is 2.54 bits per heavy atom. The van der Waals surface area contributed by atoms with E-state index in [1.165, 1.54) is 0 Å². The first-order valence-corrected chi connectivity index (χ1v) is 5.63. The van der Waals surface area contributed by atoms with Crippen LogP contribution in [0.1, 0.15) is 6.92 Å². The fourth-order valence-electron chi connectivity index (χ4n) is 1.26. The van der Waals surface area contributed by atoms with Crippen molar-refractivity contribution >= 4 is 15.9 Å². The van der Waals surface area contributed by atoms with Gasteiger partial charge in [-0.25, -0.2) is 0 Å². The average molecular weight is 254 g/mol. The van der Waals surface area contributed by atoms with E-state index in [1.807, 2.05) is 7.05 Å². The molecule has 80 valence electrons. The van der Waals surface area contributed by atoms with Gasteiger partial charge in [0.05, 0.1) is 12.7 Å². The van der Waals surface area contributed by atoms with Gasteiger partial charge in [0.25, 0.3) is 0 Å². The van der Waals surface area contributed by atoms with Crippen molar-refractivity contribution in [3.63, 3.8) is 0 Å². The molecule has 4 heteroatoms. The Balaban J connectivity index is 3.54. The summed E-state index contributed by atoms with van der Waals surface area (Å²) in [6, 6.07) is 0. The molecule has 2 unspecified atom stereocenters. The van der Waals surface area contributed by atoms with Gasteiger partial charge in [-0.15, -0.1) is 0 Å². The van der Waals surface area contributed by atoms with Crippen molar-refractivity contribution in [2.24, 2.45) is 5.92 Å². The van der Waals surface area contributed by atoms with Gasteiger partial charge in [0, 0.05) is 25.5 Å². The summed E-state index contributed by atoms with van der Waals surface area (Å²) in [4.78, 5) is 2.12. The van der Waals surface area contributed by atoms with Crippen LogP contribution in [-0.4, -0.2) is 55.3 Å². The maximum atomic E-state index is 9.43. The van der Waals surface area contributed by atoms with E-state index in [-0.39, 0.29) is 6.10 Å². The normalized spacial score (nSPS) is 16.2. The number of alkyl halides is 1. The molecule has 0 aromatic carbocycles. The fourth-order valence-corrected chi connectivity index (χ4v) is 1.47. The summed E-state index contributed by atoms with van der Waals surface area (Å²) in [5.74, 6) is 0.611. The van der Waals surface area contributed by atoms with Crippen LogP contribution in [0, 0.1) is 5.92 Å². The number of rotatable bonds is 7. The van der Waals surface area contributed by atoms with Gasteiger partial charge in [-0.2, -0.15) is 0 Å². The number of likely N-dealkylation sites (N-methyl/N-ethyl adjacent to an activating group) is 1. The zero-order chi connectivity index (χ0) is 10.3. The first-order chi connectivity index (χ1) is 6.10. The lowest BCUT2D eigenvalue weighted by Crippen LogP contribution is -2.34. The van der Waals surface area contributed by atoms with Crippen LogP contribution in [0.15, 0.2) is 0 Å². The van der Waals surface area contributed by atoms with Crippen LogP contribution in [0.25, 0.3) is 0 Å². The summed E-state index contributed by atoms with van der Waals surface area (Å²) in [5.41, 5.74) is 0. The molecule has 0 saturated carbocycles. The molecule has 3 nitrogen and oxygen atoms in total. The number of methoxy groups -OCH3 is 1. The average Bonchev–Trinajstić information content (AvgIpc) is 2.04. The SMILES string of the molecule is COCC(O)CN(C)CC(C)CBr. The third-order valence-corrected chi connectivity index (χ3v) is 2.87. The number of halogens is 1. The van der Waals surface area contributed by atoms with E-state index >= 15 is 0 Å². The molecule has 0 spiro atoms. The number of nitrogens with zero attached hydrogens (tertiary/aromatic N) is 1. The zero-order valence-corrected chi connectivity index (χ0v) is 10.2. The Morgan fingerprint density at radius 1 is 1.46 bits per heavy atom. The first-order valence-electron chi connectivity index (χ1n) is 4.51. The highest BCUT2D eigenvalue weighted by Crippen LogP contribution is 2.02. The van der Waals surface area contributed by atoms with Crippen LogP contribution in [0.5, 0.6) is 0 Å². The molecule has 0 radical (unpaired) electrons. The molecule has 0 aromatic rings. The largest absolute Gasteiger partial charge is 0.389 e. The lowest BCUT2D eigenvalue weighted by Gasteiger charge is -2.22. The third kappa shape index (κ3) is 7.43. The highest BCUT2D eigenvalue weighted by molar-refractivity contribution is 9.09. The minimum atomic E-state index is -0.377. The lowest BCUT2D eigenvalue weighted by molar-refractivity contribution is 0.0414. The van der Waals surface area contributed by atoms with E-state index in [4.69, 9.17) is 4.74 Å². The van der Waals surface area contributed by atoms with Crippen LogP contribution in [0.4, 0.5) is 0 Å². The van der Waals surface area contributed by atoms with E-state index in [0.717, 1.165) is 11.9 Å². The van der Waals surface area contributed by atoms with Gasteiger partial charge in [-0.1, -0.05) is 22.9 Å². The monoisotopic (exact) mass is 253 g/mol. The Labute approximate surface area is 89.2 Å². The first kappa shape index (κ1) is 13.4. The molecule has 0 amide bonds. The lowest BCUT2D eigenvalue weighted by atomic mass is 10.2. The molecule has 0 heterocycles. The number of ether oxygens (including phenoxy) is 1. The summed E-state index contributed by atoms with van der Waals surface area (Å²) in [6.45, 7) is 4.25. The van der Waals surface area contributed by atoms with Crippen molar-refractivity contribution in [1.82, 2.24) is 4.90 Å². The molecule has 1 N–H and O–H groups in total. The van der Waals surface area contributed by atoms with Gasteiger partial charge in [-0.05, 0) is 13.0 Å². The molecule has 0 aliphatic rings. The Hall–Kier alpha value is 0.360. The number of hydrogen-bond acceptors (Lipinski definition) is 3. The summed E-state index contributed by atoms with van der Waals surface area (Å²) in [7, 11) is 3.61. The molecule has 13 heavy (non-hydrogen) atoms. The molecule has 0 aliphatic heterocycles. The number of hydrogen-bond donors (Lipinski definition) is 1. The van der Waals surface area contributed by atoms with E-state index < -0.39 is 0 Å². The van der Waals surface area contributed by atoms with Gasteiger partial charge in [-0.3, -0.25) is 0 Å². The summed E-state index contributed by atoms with van der Waals surface area (Å²) < 4.78 is 4.85. The van der Waals surface area contributed by atoms with Gasteiger partial charge < -0.3 is 14.7 Å². The van der Waals surface area contributed by atoms with Crippen LogP contribution in [0.2, 0.25) is 0 Å². The molecule has 0 rings (SSSR count). The van der Waals surface area contributed by atoms with Crippen LogP contribution >= 0.6 is 15.9 Å². The second-order valence-corrected chi connectivity index (χ2v) is 4.24. The van der Waals surface area contributed by atoms with Gasteiger partial charge in [0.2, 0.25) is 0 Å². The molecular formula is C9H20BrNO2. The van der Waals surface area contributed by atoms with Crippen molar-refractivity contribution in [2.45, 2.75) is 13.0 Å². The van der Waals surface area contributed by atoms with Crippen molar-refractivity contribution in [3.8, 4) is 0 Å². The predicted molar refractivity (Wildman–Crippen MR) is 58.3 cm³/mol. The van der Waals surface area contributed by atoms with Gasteiger partial charge in [0.15, 0.2) is 0 Å². The summed E-state index contributed by atoms with van der Waals surface area (Å²) in [6.07, 6.45) is -0.377. The second-order valence-electron chi connectivity index (χ2n) is 3.59. The molecule has 0 fully saturated rings. The van der Waals surface area contributed by atoms with E-state index in [1.54, 1.807) is 7.11 Å². The van der Waals surface area contributed by atoms with E-state index in [9.17, 15) is 5.11 Å². The number of aliphatic hydroxyl groups is 1. The van der Waals surface area contributed by atoms with Crippen LogP contribution in [-0.2, 0) is 4.74 Å². The van der Waals surface area contributed by atoms with Crippen molar-refractivity contribution in [2.75, 3.05) is 39.2 Å². The second kappa shape index (κ2) is 7.74. The molecule has 2 atom stereocenters. The van der Waals surface area contributed by atoms with Crippen molar-refractivity contribution < 1.29 is 9.84 Å². The fraction of sp³-hybridized carbons (Fsp3) is 1.00. The van der Waals surface area contributed by atoms with Crippen molar-refractivity contribution in [1.29, 1.82) is 0 Å². The van der Waals surface area contributed by atoms with Crippen LogP contribution < -0.4 is 0 Å². The maximum Gasteiger partial charge on any atom is 0.0899 e. The minimum absolute atomic E-state index is 0.377. The highest BCUT2D eigenvalue weighted by Gasteiger charge is 2.09. The highest BCUT2D eigenvalue weighted by atomic mass is 79.9. The zero-order valence-electron chi connectivity index (χ0n) is 8.66. The smallest absolute Gasteiger partial charge is 0.0899 e. The third-order valence-electron chi connectivity index (χ3n) is 1.77. The van der Waals surface area contributed by atoms with Crippen molar-refractivity contribution in [3.05, 3.63) is 0 Å². The maximum absolute atomic E-state index is 9.43. The topological polar surface area (TPSA) is 32.7 Å². The quantitative estimate of drug-likeness (QED) is 0.687.